The molecule has 1 aliphatic heterocycles. The van der Waals surface area contributed by atoms with Crippen LogP contribution in [0.4, 0.5) is 0 Å². The average Bonchev–Trinajstić information content (AvgIpc) is 3.22. The molecule has 1 saturated carbocycles. The van der Waals surface area contributed by atoms with Crippen molar-refractivity contribution in [3.63, 3.8) is 0 Å². The zero-order chi connectivity index (χ0) is 13.7. The van der Waals surface area contributed by atoms with Gasteiger partial charge in [0.15, 0.2) is 5.96 Å². The molecular weight excluding hydrogens is 306 g/mol. The van der Waals surface area contributed by atoms with Crippen LogP contribution in [0.2, 0.25) is 0 Å². The van der Waals surface area contributed by atoms with Crippen molar-refractivity contribution in [2.24, 2.45) is 10.9 Å². The third kappa shape index (κ3) is 5.15. The number of piperidine rings is 1. The number of rotatable bonds is 5. The average molecular weight is 330 g/mol. The molecule has 0 amide bonds. The number of guanidine groups is 1. The molecule has 0 bridgehead atoms. The lowest BCUT2D eigenvalue weighted by atomic mass is 10.1. The fourth-order valence-corrected chi connectivity index (χ4v) is 2.44. The van der Waals surface area contributed by atoms with Crippen molar-refractivity contribution in [3.05, 3.63) is 11.1 Å². The van der Waals surface area contributed by atoms with Crippen LogP contribution in [-0.4, -0.2) is 50.3 Å². The first kappa shape index (κ1) is 14.9. The number of halogens is 1. The summed E-state index contributed by atoms with van der Waals surface area (Å²) in [4.78, 5) is 6.62. The molecule has 5 heteroatoms. The van der Waals surface area contributed by atoms with Gasteiger partial charge >= 0.3 is 0 Å². The Morgan fingerprint density at radius 1 is 1.37 bits per heavy atom. The topological polar surface area (TPSA) is 36.9 Å². The Kier molecular flexibility index (Phi) is 5.70. The van der Waals surface area contributed by atoms with Gasteiger partial charge < -0.3 is 15.0 Å². The zero-order valence-electron chi connectivity index (χ0n) is 11.7. The van der Waals surface area contributed by atoms with Gasteiger partial charge in [-0.25, -0.2) is 0 Å². The van der Waals surface area contributed by atoms with E-state index in [1.165, 1.54) is 12.8 Å². The molecule has 0 unspecified atom stereocenters. The largest absolute Gasteiger partial charge is 0.378 e. The minimum absolute atomic E-state index is 0.445. The van der Waals surface area contributed by atoms with Crippen molar-refractivity contribution >= 4 is 21.9 Å². The van der Waals surface area contributed by atoms with Gasteiger partial charge in [-0.15, -0.1) is 0 Å². The second kappa shape index (κ2) is 7.29. The first-order valence-corrected chi connectivity index (χ1v) is 7.89. The number of aliphatic imine (C=N–C) groups is 1. The number of nitrogens with zero attached hydrogens (tertiary/aromatic N) is 2. The molecule has 1 N–H and O–H groups in total. The lowest BCUT2D eigenvalue weighted by Gasteiger charge is -2.34. The third-order valence-electron chi connectivity index (χ3n) is 3.66. The van der Waals surface area contributed by atoms with E-state index in [4.69, 9.17) is 4.74 Å². The van der Waals surface area contributed by atoms with Crippen LogP contribution in [0.5, 0.6) is 0 Å². The highest BCUT2D eigenvalue weighted by molar-refractivity contribution is 9.11. The van der Waals surface area contributed by atoms with Crippen molar-refractivity contribution in [3.8, 4) is 0 Å². The summed E-state index contributed by atoms with van der Waals surface area (Å²) in [6.45, 7) is 7.55. The SMILES string of the molecule is C=C(Br)CNC(=NC)N1CCC(OCC2CC2)CC1. The van der Waals surface area contributed by atoms with Gasteiger partial charge in [-0.1, -0.05) is 22.5 Å². The first-order chi connectivity index (χ1) is 9.19. The third-order valence-corrected chi connectivity index (χ3v) is 3.94. The molecule has 2 fully saturated rings. The van der Waals surface area contributed by atoms with Crippen LogP contribution in [0.1, 0.15) is 25.7 Å². The number of likely N-dealkylation sites (tertiary alicyclic amines) is 1. The van der Waals surface area contributed by atoms with E-state index in [0.29, 0.717) is 12.6 Å². The molecule has 108 valence electrons. The standard InChI is InChI=1S/C14H24BrN3O/c1-11(15)9-17-14(16-2)18-7-5-13(6-8-18)19-10-12-3-4-12/h12-13H,1,3-10H2,2H3,(H,16,17). The predicted octanol–water partition coefficient (Wildman–Crippen LogP) is 2.36. The molecular formula is C14H24BrN3O. The Balaban J connectivity index is 1.69. The second-order valence-corrected chi connectivity index (χ2v) is 6.50. The van der Waals surface area contributed by atoms with Gasteiger partial charge in [-0.05, 0) is 31.6 Å². The minimum atomic E-state index is 0.445. The molecule has 19 heavy (non-hydrogen) atoms. The van der Waals surface area contributed by atoms with E-state index in [9.17, 15) is 0 Å². The van der Waals surface area contributed by atoms with Crippen LogP contribution >= 0.6 is 15.9 Å². The molecule has 2 aliphatic rings. The highest BCUT2D eigenvalue weighted by atomic mass is 79.9. The maximum Gasteiger partial charge on any atom is 0.193 e. The molecule has 0 spiro atoms. The molecule has 0 atom stereocenters. The van der Waals surface area contributed by atoms with Crippen LogP contribution < -0.4 is 5.32 Å². The van der Waals surface area contributed by atoms with Gasteiger partial charge in [-0.3, -0.25) is 4.99 Å². The van der Waals surface area contributed by atoms with E-state index in [0.717, 1.165) is 48.9 Å². The van der Waals surface area contributed by atoms with Gasteiger partial charge in [0.1, 0.15) is 0 Å². The van der Waals surface area contributed by atoms with Gasteiger partial charge in [0.2, 0.25) is 0 Å². The highest BCUT2D eigenvalue weighted by Crippen LogP contribution is 2.30. The van der Waals surface area contributed by atoms with Gasteiger partial charge in [0, 0.05) is 37.8 Å². The summed E-state index contributed by atoms with van der Waals surface area (Å²) in [7, 11) is 1.83. The molecule has 0 aromatic carbocycles. The smallest absolute Gasteiger partial charge is 0.193 e. The maximum absolute atomic E-state index is 5.96. The predicted molar refractivity (Wildman–Crippen MR) is 82.7 cm³/mol. The summed E-state index contributed by atoms with van der Waals surface area (Å²) >= 11 is 3.36. The summed E-state index contributed by atoms with van der Waals surface area (Å²) in [6.07, 6.45) is 5.38. The number of nitrogens with one attached hydrogen (secondary N) is 1. The van der Waals surface area contributed by atoms with Gasteiger partial charge in [0.05, 0.1) is 6.10 Å². The molecule has 1 saturated heterocycles. The Labute approximate surface area is 124 Å². The van der Waals surface area contributed by atoms with Crippen LogP contribution in [-0.2, 0) is 4.74 Å². The van der Waals surface area contributed by atoms with Gasteiger partial charge in [0.25, 0.3) is 0 Å². The lowest BCUT2D eigenvalue weighted by Crippen LogP contribution is -2.47. The number of hydrogen-bond acceptors (Lipinski definition) is 2. The quantitative estimate of drug-likeness (QED) is 0.621. The van der Waals surface area contributed by atoms with E-state index in [1.807, 2.05) is 7.05 Å². The molecule has 0 radical (unpaired) electrons. The van der Waals surface area contributed by atoms with Crippen molar-refractivity contribution in [1.82, 2.24) is 10.2 Å². The van der Waals surface area contributed by atoms with Crippen LogP contribution in [0.25, 0.3) is 0 Å². The molecule has 1 aliphatic carbocycles. The van der Waals surface area contributed by atoms with Crippen molar-refractivity contribution in [2.45, 2.75) is 31.8 Å². The van der Waals surface area contributed by atoms with E-state index in [-0.39, 0.29) is 0 Å². The first-order valence-electron chi connectivity index (χ1n) is 7.09. The van der Waals surface area contributed by atoms with E-state index in [1.54, 1.807) is 0 Å². The van der Waals surface area contributed by atoms with E-state index in [2.05, 4.69) is 37.7 Å². The monoisotopic (exact) mass is 329 g/mol. The fraction of sp³-hybridized carbons (Fsp3) is 0.786. The Morgan fingerprint density at radius 2 is 2.05 bits per heavy atom. The Hall–Kier alpha value is -0.550. The number of ether oxygens (including phenoxy) is 1. The Bertz CT molecular complexity index is 334. The molecule has 0 aromatic rings. The number of hydrogen-bond donors (Lipinski definition) is 1. The van der Waals surface area contributed by atoms with Crippen LogP contribution in [0, 0.1) is 5.92 Å². The lowest BCUT2D eigenvalue weighted by molar-refractivity contribution is 0.0131. The van der Waals surface area contributed by atoms with Crippen molar-refractivity contribution in [2.75, 3.05) is 33.3 Å². The van der Waals surface area contributed by atoms with E-state index >= 15 is 0 Å². The van der Waals surface area contributed by atoms with Gasteiger partial charge in [-0.2, -0.15) is 0 Å². The summed E-state index contributed by atoms with van der Waals surface area (Å²) in [5, 5.41) is 3.30. The van der Waals surface area contributed by atoms with Crippen LogP contribution in [0.3, 0.4) is 0 Å². The molecule has 1 heterocycles. The highest BCUT2D eigenvalue weighted by Gasteiger charge is 2.26. The van der Waals surface area contributed by atoms with Crippen molar-refractivity contribution in [1.29, 1.82) is 0 Å². The maximum atomic E-state index is 5.96. The summed E-state index contributed by atoms with van der Waals surface area (Å²) in [5.41, 5.74) is 0. The fourth-order valence-electron chi connectivity index (χ4n) is 2.30. The van der Waals surface area contributed by atoms with Crippen LogP contribution in [0.15, 0.2) is 16.1 Å². The summed E-state index contributed by atoms with van der Waals surface area (Å²) < 4.78 is 6.90. The Morgan fingerprint density at radius 3 is 2.58 bits per heavy atom. The molecule has 0 aromatic heterocycles. The second-order valence-electron chi connectivity index (χ2n) is 5.38. The van der Waals surface area contributed by atoms with Crippen molar-refractivity contribution < 1.29 is 4.74 Å². The summed E-state index contributed by atoms with van der Waals surface area (Å²) in [6, 6.07) is 0. The molecule has 4 nitrogen and oxygen atoms in total. The van der Waals surface area contributed by atoms with E-state index < -0.39 is 0 Å². The zero-order valence-corrected chi connectivity index (χ0v) is 13.3. The summed E-state index contributed by atoms with van der Waals surface area (Å²) in [5.74, 6) is 1.82. The normalized spacial score (nSPS) is 21.6. The molecule has 2 rings (SSSR count). The minimum Gasteiger partial charge on any atom is -0.378 e.